The van der Waals surface area contributed by atoms with Crippen LogP contribution in [0.15, 0.2) is 30.5 Å². The van der Waals surface area contributed by atoms with Crippen LogP contribution in [-0.2, 0) is 4.74 Å². The summed E-state index contributed by atoms with van der Waals surface area (Å²) in [5.41, 5.74) is 6.64. The van der Waals surface area contributed by atoms with E-state index < -0.39 is 0 Å². The van der Waals surface area contributed by atoms with Crippen molar-refractivity contribution in [3.8, 4) is 5.69 Å². The summed E-state index contributed by atoms with van der Waals surface area (Å²) in [5.74, 6) is -0.0655. The van der Waals surface area contributed by atoms with E-state index in [0.29, 0.717) is 42.0 Å². The number of benzene rings is 1. The molecule has 0 spiro atoms. The average Bonchev–Trinajstić information content (AvgIpc) is 3.14. The van der Waals surface area contributed by atoms with Gasteiger partial charge in [-0.05, 0) is 50.1 Å². The Bertz CT molecular complexity index is 761. The molecule has 9 heteroatoms. The topological polar surface area (TPSA) is 73.4 Å². The van der Waals surface area contributed by atoms with E-state index >= 15 is 0 Å². The molecule has 1 aromatic heterocycles. The van der Waals surface area contributed by atoms with Crippen molar-refractivity contribution >= 4 is 41.5 Å². The molecule has 0 aliphatic carbocycles. The maximum Gasteiger partial charge on any atom is 0.274 e. The zero-order chi connectivity index (χ0) is 18.5. The van der Waals surface area contributed by atoms with E-state index in [9.17, 15) is 4.79 Å². The van der Waals surface area contributed by atoms with Crippen LogP contribution in [0.5, 0.6) is 0 Å². The third-order valence-electron chi connectivity index (χ3n) is 4.41. The summed E-state index contributed by atoms with van der Waals surface area (Å²) in [6.45, 7) is 2.67. The molecule has 1 aliphatic heterocycles. The normalized spacial score (nSPS) is 14.9. The van der Waals surface area contributed by atoms with Crippen LogP contribution in [0, 0.1) is 0 Å². The van der Waals surface area contributed by atoms with E-state index in [1.165, 1.54) is 0 Å². The van der Waals surface area contributed by atoms with Crippen molar-refractivity contribution in [1.82, 2.24) is 14.7 Å². The Morgan fingerprint density at radius 1 is 1.22 bits per heavy atom. The van der Waals surface area contributed by atoms with Gasteiger partial charge in [0, 0.05) is 25.9 Å². The Hall–Kier alpha value is -1.31. The summed E-state index contributed by atoms with van der Waals surface area (Å²) in [7, 11) is 0. The fraction of sp³-hybridized carbons (Fsp3) is 0.444. The van der Waals surface area contributed by atoms with Gasteiger partial charge < -0.3 is 15.4 Å². The zero-order valence-electron chi connectivity index (χ0n) is 14.8. The van der Waals surface area contributed by atoms with E-state index in [1.807, 2.05) is 4.90 Å². The zero-order valence-corrected chi connectivity index (χ0v) is 17.1. The molecule has 0 unspecified atom stereocenters. The molecule has 1 aliphatic rings. The number of nitrogens with two attached hydrogens (primary N) is 1. The first-order valence-corrected chi connectivity index (χ1v) is 9.46. The van der Waals surface area contributed by atoms with Gasteiger partial charge in [0.2, 0.25) is 0 Å². The van der Waals surface area contributed by atoms with Crippen molar-refractivity contribution in [2.45, 2.75) is 25.4 Å². The molecule has 2 heterocycles. The number of hydrogen-bond acceptors (Lipinski definition) is 4. The van der Waals surface area contributed by atoms with Crippen molar-refractivity contribution in [3.05, 3.63) is 46.2 Å². The third kappa shape index (κ3) is 5.59. The van der Waals surface area contributed by atoms with Gasteiger partial charge in [-0.25, -0.2) is 4.68 Å². The molecular formula is C18H23Cl3N4O2. The van der Waals surface area contributed by atoms with Crippen LogP contribution in [0.25, 0.3) is 5.69 Å². The number of ether oxygens (including phenoxy) is 1. The standard InChI is InChI=1S/C18H22Cl2N4O2.ClH/c19-15-3-2-13(12-16(15)20)24-10-6-17(22-24)18(25)23-8-4-14(5-9-23)26-11-1-7-21;/h2-3,6,10,12,14H,1,4-5,7-9,11,21H2;1H. The molecular weight excluding hydrogens is 411 g/mol. The Morgan fingerprint density at radius 2 is 1.96 bits per heavy atom. The summed E-state index contributed by atoms with van der Waals surface area (Å²) in [4.78, 5) is 14.5. The molecule has 0 saturated carbocycles. The van der Waals surface area contributed by atoms with E-state index in [1.54, 1.807) is 35.1 Å². The van der Waals surface area contributed by atoms with Crippen molar-refractivity contribution < 1.29 is 9.53 Å². The summed E-state index contributed by atoms with van der Waals surface area (Å²) in [6, 6.07) is 6.95. The van der Waals surface area contributed by atoms with Crippen molar-refractivity contribution in [1.29, 1.82) is 0 Å². The summed E-state index contributed by atoms with van der Waals surface area (Å²) < 4.78 is 7.40. The van der Waals surface area contributed by atoms with Crippen LogP contribution in [0.3, 0.4) is 0 Å². The van der Waals surface area contributed by atoms with E-state index in [0.717, 1.165) is 24.9 Å². The molecule has 2 N–H and O–H groups in total. The minimum absolute atomic E-state index is 0. The number of likely N-dealkylation sites (tertiary alicyclic amines) is 1. The van der Waals surface area contributed by atoms with E-state index in [4.69, 9.17) is 33.7 Å². The smallest absolute Gasteiger partial charge is 0.274 e. The predicted octanol–water partition coefficient (Wildman–Crippen LogP) is 3.57. The second kappa shape index (κ2) is 10.3. The second-order valence-corrected chi connectivity index (χ2v) is 7.06. The van der Waals surface area contributed by atoms with E-state index in [-0.39, 0.29) is 24.4 Å². The van der Waals surface area contributed by atoms with Crippen LogP contribution >= 0.6 is 35.6 Å². The van der Waals surface area contributed by atoms with Gasteiger partial charge in [0.15, 0.2) is 5.69 Å². The van der Waals surface area contributed by atoms with Crippen LogP contribution in [0.2, 0.25) is 10.0 Å². The summed E-state index contributed by atoms with van der Waals surface area (Å²) in [5, 5.41) is 5.31. The largest absolute Gasteiger partial charge is 0.378 e. The van der Waals surface area contributed by atoms with Crippen molar-refractivity contribution in [2.24, 2.45) is 5.73 Å². The van der Waals surface area contributed by atoms with E-state index in [2.05, 4.69) is 5.10 Å². The molecule has 1 aromatic carbocycles. The number of amides is 1. The maximum absolute atomic E-state index is 12.7. The predicted molar refractivity (Wildman–Crippen MR) is 109 cm³/mol. The number of nitrogens with zero attached hydrogens (tertiary/aromatic N) is 3. The second-order valence-electron chi connectivity index (χ2n) is 6.25. The highest BCUT2D eigenvalue weighted by molar-refractivity contribution is 6.42. The first-order chi connectivity index (χ1) is 12.6. The number of hydrogen-bond donors (Lipinski definition) is 1. The molecule has 27 heavy (non-hydrogen) atoms. The van der Waals surface area contributed by atoms with Gasteiger partial charge in [0.1, 0.15) is 0 Å². The third-order valence-corrected chi connectivity index (χ3v) is 5.15. The highest BCUT2D eigenvalue weighted by Crippen LogP contribution is 2.24. The lowest BCUT2D eigenvalue weighted by Gasteiger charge is -2.31. The molecule has 1 amide bonds. The fourth-order valence-corrected chi connectivity index (χ4v) is 3.22. The number of aromatic nitrogens is 2. The lowest BCUT2D eigenvalue weighted by Crippen LogP contribution is -2.41. The average molecular weight is 434 g/mol. The quantitative estimate of drug-likeness (QED) is 0.707. The van der Waals surface area contributed by atoms with Gasteiger partial charge in [-0.1, -0.05) is 23.2 Å². The first-order valence-electron chi connectivity index (χ1n) is 8.70. The molecule has 2 aromatic rings. The summed E-state index contributed by atoms with van der Waals surface area (Å²) >= 11 is 12.0. The number of halogens is 3. The van der Waals surface area contributed by atoms with Crippen LogP contribution in [0.4, 0.5) is 0 Å². The van der Waals surface area contributed by atoms with Crippen LogP contribution in [0.1, 0.15) is 29.8 Å². The molecule has 0 atom stereocenters. The van der Waals surface area contributed by atoms with Gasteiger partial charge in [0.05, 0.1) is 21.8 Å². The van der Waals surface area contributed by atoms with Crippen LogP contribution < -0.4 is 5.73 Å². The monoisotopic (exact) mass is 432 g/mol. The lowest BCUT2D eigenvalue weighted by atomic mass is 10.1. The van der Waals surface area contributed by atoms with Gasteiger partial charge in [-0.15, -0.1) is 12.4 Å². The highest BCUT2D eigenvalue weighted by Gasteiger charge is 2.25. The summed E-state index contributed by atoms with van der Waals surface area (Å²) in [6.07, 6.45) is 4.49. The Kier molecular flexibility index (Phi) is 8.38. The van der Waals surface area contributed by atoms with Crippen molar-refractivity contribution in [2.75, 3.05) is 26.2 Å². The Balaban J connectivity index is 0.00000261. The number of rotatable bonds is 6. The van der Waals surface area contributed by atoms with Gasteiger partial charge in [-0.3, -0.25) is 4.79 Å². The minimum Gasteiger partial charge on any atom is -0.378 e. The fourth-order valence-electron chi connectivity index (χ4n) is 2.93. The minimum atomic E-state index is -0.0655. The number of carbonyl (C=O) groups is 1. The maximum atomic E-state index is 12.7. The number of carbonyl (C=O) groups excluding carboxylic acids is 1. The van der Waals surface area contributed by atoms with Gasteiger partial charge in [0.25, 0.3) is 5.91 Å². The molecule has 3 rings (SSSR count). The van der Waals surface area contributed by atoms with Crippen LogP contribution in [-0.4, -0.2) is 52.9 Å². The molecule has 0 bridgehead atoms. The lowest BCUT2D eigenvalue weighted by molar-refractivity contribution is 0.00828. The SMILES string of the molecule is Cl.NCCCOC1CCN(C(=O)c2ccn(-c3ccc(Cl)c(Cl)c3)n2)CC1. The molecule has 0 radical (unpaired) electrons. The Labute approximate surface area is 175 Å². The Morgan fingerprint density at radius 3 is 2.63 bits per heavy atom. The van der Waals surface area contributed by atoms with Gasteiger partial charge in [-0.2, -0.15) is 5.10 Å². The molecule has 1 fully saturated rings. The van der Waals surface area contributed by atoms with Gasteiger partial charge >= 0.3 is 0 Å². The molecule has 148 valence electrons. The number of piperidine rings is 1. The molecule has 1 saturated heterocycles. The van der Waals surface area contributed by atoms with Crippen molar-refractivity contribution in [3.63, 3.8) is 0 Å². The highest BCUT2D eigenvalue weighted by atomic mass is 35.5. The first kappa shape index (κ1) is 22.0. The molecule has 6 nitrogen and oxygen atoms in total.